The van der Waals surface area contributed by atoms with Crippen LogP contribution in [-0.2, 0) is 6.18 Å². The molecular formula is C16H12F3N3. The summed E-state index contributed by atoms with van der Waals surface area (Å²) >= 11 is 0. The molecule has 0 aliphatic carbocycles. The van der Waals surface area contributed by atoms with E-state index in [9.17, 15) is 13.2 Å². The molecule has 3 aromatic rings. The number of anilines is 2. The monoisotopic (exact) mass is 303 g/mol. The minimum atomic E-state index is -4.34. The highest BCUT2D eigenvalue weighted by atomic mass is 19.4. The smallest absolute Gasteiger partial charge is 0.340 e. The van der Waals surface area contributed by atoms with Crippen molar-refractivity contribution in [2.75, 3.05) is 5.32 Å². The van der Waals surface area contributed by atoms with Gasteiger partial charge in [0.15, 0.2) is 0 Å². The fraction of sp³-hybridized carbons (Fsp3) is 0.125. The molecule has 22 heavy (non-hydrogen) atoms. The van der Waals surface area contributed by atoms with Gasteiger partial charge in [-0.25, -0.2) is 9.97 Å². The molecule has 1 aromatic heterocycles. The lowest BCUT2D eigenvalue weighted by Crippen LogP contribution is -2.04. The average molecular weight is 303 g/mol. The average Bonchev–Trinajstić information content (AvgIpc) is 2.47. The number of alkyl halides is 3. The van der Waals surface area contributed by atoms with Crippen LogP contribution >= 0.6 is 0 Å². The van der Waals surface area contributed by atoms with E-state index in [1.54, 1.807) is 0 Å². The number of nitrogens with one attached hydrogen (secondary N) is 1. The molecule has 2 aromatic carbocycles. The number of aryl methyl sites for hydroxylation is 1. The molecule has 0 amide bonds. The topological polar surface area (TPSA) is 37.8 Å². The van der Waals surface area contributed by atoms with Gasteiger partial charge in [0.05, 0.1) is 11.1 Å². The van der Waals surface area contributed by atoms with Crippen LogP contribution in [0, 0.1) is 6.92 Å². The van der Waals surface area contributed by atoms with Gasteiger partial charge in [-0.3, -0.25) is 0 Å². The first-order valence-electron chi connectivity index (χ1n) is 6.59. The third-order valence-electron chi connectivity index (χ3n) is 3.27. The van der Waals surface area contributed by atoms with Gasteiger partial charge >= 0.3 is 6.18 Å². The number of benzene rings is 2. The number of rotatable bonds is 2. The van der Waals surface area contributed by atoms with Gasteiger partial charge in [-0.05, 0) is 43.3 Å². The molecule has 0 spiro atoms. The second-order valence-electron chi connectivity index (χ2n) is 4.94. The van der Waals surface area contributed by atoms with E-state index in [-0.39, 0.29) is 0 Å². The van der Waals surface area contributed by atoms with Crippen molar-refractivity contribution in [2.24, 2.45) is 0 Å². The zero-order valence-corrected chi connectivity index (χ0v) is 11.6. The molecule has 0 fully saturated rings. The van der Waals surface area contributed by atoms with E-state index in [0.29, 0.717) is 11.5 Å². The first kappa shape index (κ1) is 14.3. The number of nitrogens with zero attached hydrogens (tertiary/aromatic N) is 2. The zero-order chi connectivity index (χ0) is 15.7. The second kappa shape index (κ2) is 5.29. The minimum Gasteiger partial charge on any atom is -0.340 e. The van der Waals surface area contributed by atoms with Crippen LogP contribution in [0.5, 0.6) is 0 Å². The van der Waals surface area contributed by atoms with Gasteiger partial charge < -0.3 is 5.32 Å². The van der Waals surface area contributed by atoms with E-state index >= 15 is 0 Å². The van der Waals surface area contributed by atoms with Crippen molar-refractivity contribution in [1.29, 1.82) is 0 Å². The van der Waals surface area contributed by atoms with Crippen LogP contribution in [0.2, 0.25) is 0 Å². The van der Waals surface area contributed by atoms with E-state index in [1.165, 1.54) is 18.5 Å². The van der Waals surface area contributed by atoms with E-state index in [0.717, 1.165) is 28.6 Å². The Bertz CT molecular complexity index is 811. The van der Waals surface area contributed by atoms with E-state index in [4.69, 9.17) is 0 Å². The first-order chi connectivity index (χ1) is 10.4. The van der Waals surface area contributed by atoms with E-state index in [2.05, 4.69) is 15.3 Å². The molecule has 0 bridgehead atoms. The molecule has 0 saturated carbocycles. The predicted molar refractivity (Wildman–Crippen MR) is 79.0 cm³/mol. The second-order valence-corrected chi connectivity index (χ2v) is 4.94. The summed E-state index contributed by atoms with van der Waals surface area (Å²) in [6, 6.07) is 10.6. The quantitative estimate of drug-likeness (QED) is 0.745. The van der Waals surface area contributed by atoms with Gasteiger partial charge in [0.2, 0.25) is 0 Å². The maximum Gasteiger partial charge on any atom is 0.416 e. The molecule has 112 valence electrons. The predicted octanol–water partition coefficient (Wildman–Crippen LogP) is 4.70. The first-order valence-corrected chi connectivity index (χ1v) is 6.59. The van der Waals surface area contributed by atoms with Crippen molar-refractivity contribution in [3.63, 3.8) is 0 Å². The molecule has 3 rings (SSSR count). The fourth-order valence-electron chi connectivity index (χ4n) is 2.15. The Labute approximate surface area is 124 Å². The normalized spacial score (nSPS) is 11.6. The van der Waals surface area contributed by atoms with Crippen molar-refractivity contribution in [1.82, 2.24) is 9.97 Å². The Morgan fingerprint density at radius 2 is 1.68 bits per heavy atom. The van der Waals surface area contributed by atoms with Crippen molar-refractivity contribution in [2.45, 2.75) is 13.1 Å². The van der Waals surface area contributed by atoms with Gasteiger partial charge in [-0.1, -0.05) is 11.6 Å². The van der Waals surface area contributed by atoms with Crippen molar-refractivity contribution in [3.05, 3.63) is 59.9 Å². The van der Waals surface area contributed by atoms with Crippen LogP contribution in [0.4, 0.5) is 24.7 Å². The summed E-state index contributed by atoms with van der Waals surface area (Å²) in [5.41, 5.74) is 1.68. The molecule has 0 aliphatic heterocycles. The number of hydrogen-bond acceptors (Lipinski definition) is 3. The van der Waals surface area contributed by atoms with Crippen molar-refractivity contribution in [3.8, 4) is 0 Å². The van der Waals surface area contributed by atoms with Gasteiger partial charge in [0.25, 0.3) is 0 Å². The lowest BCUT2D eigenvalue weighted by atomic mass is 10.1. The minimum absolute atomic E-state index is 0.537. The fourth-order valence-corrected chi connectivity index (χ4v) is 2.15. The number of halogens is 3. The summed E-state index contributed by atoms with van der Waals surface area (Å²) in [5, 5.41) is 3.86. The van der Waals surface area contributed by atoms with Gasteiger partial charge in [0.1, 0.15) is 12.1 Å². The molecule has 3 nitrogen and oxygen atoms in total. The highest BCUT2D eigenvalue weighted by Crippen LogP contribution is 2.31. The zero-order valence-electron chi connectivity index (χ0n) is 11.6. The molecule has 6 heteroatoms. The van der Waals surface area contributed by atoms with Gasteiger partial charge in [-0.15, -0.1) is 0 Å². The Hall–Kier alpha value is -2.63. The van der Waals surface area contributed by atoms with Crippen LogP contribution in [0.1, 0.15) is 11.1 Å². The summed E-state index contributed by atoms with van der Waals surface area (Å²) in [6.07, 6.45) is -2.92. The van der Waals surface area contributed by atoms with Crippen LogP contribution in [0.15, 0.2) is 48.8 Å². The van der Waals surface area contributed by atoms with Crippen LogP contribution in [0.3, 0.4) is 0 Å². The Balaban J connectivity index is 1.95. The highest BCUT2D eigenvalue weighted by Gasteiger charge is 2.29. The van der Waals surface area contributed by atoms with E-state index in [1.807, 2.05) is 25.1 Å². The molecule has 1 N–H and O–H groups in total. The third-order valence-corrected chi connectivity index (χ3v) is 3.27. The molecule has 0 atom stereocenters. The summed E-state index contributed by atoms with van der Waals surface area (Å²) in [6.45, 7) is 1.95. The van der Waals surface area contributed by atoms with Crippen molar-refractivity contribution < 1.29 is 13.2 Å². The maximum absolute atomic E-state index is 12.6. The van der Waals surface area contributed by atoms with Crippen LogP contribution < -0.4 is 5.32 Å². The molecule has 1 heterocycles. The Morgan fingerprint density at radius 3 is 2.36 bits per heavy atom. The number of fused-ring (bicyclic) bond motifs is 1. The van der Waals surface area contributed by atoms with Gasteiger partial charge in [0, 0.05) is 11.1 Å². The Morgan fingerprint density at radius 1 is 0.955 bits per heavy atom. The third kappa shape index (κ3) is 2.86. The highest BCUT2D eigenvalue weighted by molar-refractivity contribution is 5.91. The van der Waals surface area contributed by atoms with Crippen LogP contribution in [0.25, 0.3) is 10.9 Å². The molecule has 0 unspecified atom stereocenters. The molecule has 0 aliphatic rings. The standard InChI is InChI=1S/C16H12F3N3/c1-10-2-7-14-13(8-10)15(21-9-20-14)22-12-5-3-11(4-6-12)16(17,18)19/h2-9H,1H3,(H,20,21,22). The van der Waals surface area contributed by atoms with Gasteiger partial charge in [-0.2, -0.15) is 13.2 Å². The Kier molecular flexibility index (Phi) is 3.44. The van der Waals surface area contributed by atoms with E-state index < -0.39 is 11.7 Å². The summed E-state index contributed by atoms with van der Waals surface area (Å²) < 4.78 is 37.7. The molecule has 0 radical (unpaired) electrons. The lowest BCUT2D eigenvalue weighted by molar-refractivity contribution is -0.137. The lowest BCUT2D eigenvalue weighted by Gasteiger charge is -2.10. The van der Waals surface area contributed by atoms with Crippen LogP contribution in [-0.4, -0.2) is 9.97 Å². The number of hydrogen-bond donors (Lipinski definition) is 1. The number of aromatic nitrogens is 2. The maximum atomic E-state index is 12.6. The summed E-state index contributed by atoms with van der Waals surface area (Å²) in [5.74, 6) is 0.563. The largest absolute Gasteiger partial charge is 0.416 e. The SMILES string of the molecule is Cc1ccc2ncnc(Nc3ccc(C(F)(F)F)cc3)c2c1. The summed E-state index contributed by atoms with van der Waals surface area (Å²) in [7, 11) is 0. The molecule has 0 saturated heterocycles. The summed E-state index contributed by atoms with van der Waals surface area (Å²) in [4.78, 5) is 8.34. The molecular weight excluding hydrogens is 291 g/mol. The van der Waals surface area contributed by atoms with Crippen molar-refractivity contribution >= 4 is 22.4 Å².